The largest absolute Gasteiger partial charge is 0.105 e. The van der Waals surface area contributed by atoms with E-state index in [1.165, 1.54) is 12.8 Å². The molecule has 3 atom stereocenters. The minimum Gasteiger partial charge on any atom is -0.0943 e. The Morgan fingerprint density at radius 3 is 2.50 bits per heavy atom. The molecule has 0 aromatic carbocycles. The molecule has 3 unspecified atom stereocenters. The third-order valence-corrected chi connectivity index (χ3v) is 8.09. The van der Waals surface area contributed by atoms with Crippen LogP contribution in [0.5, 0.6) is 0 Å². The molecule has 1 aliphatic carbocycles. The van der Waals surface area contributed by atoms with Crippen LogP contribution < -0.4 is 0 Å². The molecule has 0 N–H and O–H groups in total. The van der Waals surface area contributed by atoms with Crippen molar-refractivity contribution in [2.24, 2.45) is 11.3 Å². The van der Waals surface area contributed by atoms with Gasteiger partial charge in [-0.25, -0.2) is 0 Å². The minimum atomic E-state index is 0.207. The summed E-state index contributed by atoms with van der Waals surface area (Å²) in [5.41, 5.74) is 0.712. The fourth-order valence-electron chi connectivity index (χ4n) is 2.43. The van der Waals surface area contributed by atoms with Crippen molar-refractivity contribution in [2.45, 2.75) is 37.9 Å². The molecule has 12 heavy (non-hydrogen) atoms. The predicted molar refractivity (Wildman–Crippen MR) is 63.5 cm³/mol. The maximum absolute atomic E-state index is 4.20. The molecule has 2 rings (SSSR count). The molecule has 0 spiro atoms. The summed E-state index contributed by atoms with van der Waals surface area (Å²) in [6, 6.07) is 0. The van der Waals surface area contributed by atoms with E-state index in [-0.39, 0.29) is 6.83 Å². The van der Waals surface area contributed by atoms with Crippen molar-refractivity contribution in [1.82, 2.24) is 0 Å². The lowest BCUT2D eigenvalue weighted by Gasteiger charge is -2.47. The van der Waals surface area contributed by atoms with Gasteiger partial charge in [0.15, 0.2) is 0 Å². The fourth-order valence-corrected chi connectivity index (χ4v) is 7.07. The second-order valence-electron chi connectivity index (χ2n) is 4.99. The molecule has 0 aromatic heterocycles. The van der Waals surface area contributed by atoms with E-state index >= 15 is 0 Å². The first-order valence-electron chi connectivity index (χ1n) is 4.83. The van der Waals surface area contributed by atoms with Gasteiger partial charge >= 0.3 is 0 Å². The first-order chi connectivity index (χ1) is 5.53. The molecule has 0 radical (unpaired) electrons. The molecule has 0 saturated heterocycles. The van der Waals surface area contributed by atoms with Crippen molar-refractivity contribution < 1.29 is 0 Å². The van der Waals surface area contributed by atoms with E-state index < -0.39 is 0 Å². The zero-order valence-electron chi connectivity index (χ0n) is 8.25. The van der Waals surface area contributed by atoms with Crippen LogP contribution in [-0.2, 0) is 0 Å². The van der Waals surface area contributed by atoms with Crippen LogP contribution in [0.25, 0.3) is 0 Å². The van der Waals surface area contributed by atoms with Crippen LogP contribution in [0.3, 0.4) is 0 Å². The van der Waals surface area contributed by atoms with E-state index in [1.54, 1.807) is 7.87 Å². The van der Waals surface area contributed by atoms with Crippen molar-refractivity contribution in [2.75, 3.05) is 0 Å². The predicted octanol–water partition coefficient (Wildman–Crippen LogP) is 2.96. The van der Waals surface area contributed by atoms with Gasteiger partial charge in [0, 0.05) is 0 Å². The summed E-state index contributed by atoms with van der Waals surface area (Å²) in [6.45, 7) is 5.05. The lowest BCUT2D eigenvalue weighted by molar-refractivity contribution is 0.0924. The van der Waals surface area contributed by atoms with Gasteiger partial charge in [-0.3, -0.25) is 0 Å². The third kappa shape index (κ3) is 1.36. The number of rotatable bonds is 2. The van der Waals surface area contributed by atoms with Gasteiger partial charge in [-0.1, -0.05) is 40.7 Å². The SMILES string of the molecule is BC(C)C1CC(C)(C2P=P2=C)C1. The lowest BCUT2D eigenvalue weighted by atomic mass is 9.56. The molecular formula is C9H17BP2. The van der Waals surface area contributed by atoms with Crippen LogP contribution >= 0.6 is 14.7 Å². The monoisotopic (exact) mass is 198 g/mol. The normalized spacial score (nSPS) is 52.0. The highest BCUT2D eigenvalue weighted by Crippen LogP contribution is 2.69. The molecule has 1 heterocycles. The van der Waals surface area contributed by atoms with Crippen LogP contribution in [0, 0.1) is 11.3 Å². The smallest absolute Gasteiger partial charge is 0.0943 e. The van der Waals surface area contributed by atoms with Crippen molar-refractivity contribution >= 4 is 28.8 Å². The maximum atomic E-state index is 4.20. The standard InChI is InChI=1S/C9H17BP2/c1-6(10)7-4-9(2,5-7)8-11-12(8)3/h6-8H,3-5,10H2,1-2H3. The number of hydrogen-bond donors (Lipinski definition) is 0. The Morgan fingerprint density at radius 2 is 2.17 bits per heavy atom. The van der Waals surface area contributed by atoms with Gasteiger partial charge in [-0.15, -0.1) is 0 Å². The van der Waals surface area contributed by atoms with Crippen LogP contribution in [0.1, 0.15) is 26.7 Å². The summed E-state index contributed by atoms with van der Waals surface area (Å²) in [7, 11) is 4.06. The molecule has 2 aliphatic rings. The minimum absolute atomic E-state index is 0.207. The average molecular weight is 198 g/mol. The van der Waals surface area contributed by atoms with Gasteiger partial charge in [0.05, 0.1) is 5.40 Å². The topological polar surface area (TPSA) is 0 Å². The summed E-state index contributed by atoms with van der Waals surface area (Å²) in [5, 5.41) is 1.02. The van der Waals surface area contributed by atoms with E-state index in [2.05, 4.69) is 28.0 Å². The Balaban J connectivity index is 1.90. The van der Waals surface area contributed by atoms with Crippen LogP contribution in [0.2, 0.25) is 5.82 Å². The van der Waals surface area contributed by atoms with Crippen molar-refractivity contribution in [3.05, 3.63) is 0 Å². The Morgan fingerprint density at radius 1 is 1.67 bits per heavy atom. The first-order valence-corrected chi connectivity index (χ1v) is 8.10. The van der Waals surface area contributed by atoms with Gasteiger partial charge in [0.2, 0.25) is 0 Å². The second kappa shape index (κ2) is 2.76. The van der Waals surface area contributed by atoms with E-state index in [0.29, 0.717) is 5.41 Å². The van der Waals surface area contributed by atoms with Gasteiger partial charge < -0.3 is 0 Å². The molecule has 0 nitrogen and oxygen atoms in total. The average Bonchev–Trinajstić information content (AvgIpc) is 2.59. The quantitative estimate of drug-likeness (QED) is 0.472. The molecule has 1 aliphatic heterocycles. The molecule has 0 bridgehead atoms. The lowest BCUT2D eigenvalue weighted by Crippen LogP contribution is -2.39. The Hall–Kier alpha value is 0.535. The zero-order valence-corrected chi connectivity index (χ0v) is 10.0. The van der Waals surface area contributed by atoms with Crippen LogP contribution in [0.4, 0.5) is 0 Å². The molecule has 0 aromatic rings. The summed E-state index contributed by atoms with van der Waals surface area (Å²) < 4.78 is 0. The summed E-state index contributed by atoms with van der Waals surface area (Å²) in [5.74, 6) is 1.93. The van der Waals surface area contributed by atoms with E-state index in [0.717, 1.165) is 17.1 Å². The Bertz CT molecular complexity index is 270. The van der Waals surface area contributed by atoms with E-state index in [4.69, 9.17) is 0 Å². The van der Waals surface area contributed by atoms with Gasteiger partial charge in [-0.05, 0) is 24.2 Å². The maximum Gasteiger partial charge on any atom is 0.105 e. The molecule has 66 valence electrons. The summed E-state index contributed by atoms with van der Waals surface area (Å²) >= 11 is 0. The van der Waals surface area contributed by atoms with Crippen molar-refractivity contribution in [1.29, 1.82) is 0 Å². The highest BCUT2D eigenvalue weighted by atomic mass is 31.8. The van der Waals surface area contributed by atoms with Gasteiger partial charge in [0.25, 0.3) is 0 Å². The van der Waals surface area contributed by atoms with E-state index in [1.807, 2.05) is 0 Å². The first kappa shape index (κ1) is 9.10. The highest BCUT2D eigenvalue weighted by Gasteiger charge is 2.49. The fraction of sp³-hybridized carbons (Fsp3) is 0.889. The third-order valence-electron chi connectivity index (χ3n) is 3.51. The van der Waals surface area contributed by atoms with E-state index in [9.17, 15) is 0 Å². The summed E-state index contributed by atoms with van der Waals surface area (Å²) in [6.07, 6.45) is 7.17. The second-order valence-corrected chi connectivity index (χ2v) is 9.78. The van der Waals surface area contributed by atoms with Crippen LogP contribution in [-0.4, -0.2) is 19.5 Å². The summed E-state index contributed by atoms with van der Waals surface area (Å²) in [4.78, 5) is 0. The van der Waals surface area contributed by atoms with Crippen molar-refractivity contribution in [3.63, 3.8) is 0 Å². The van der Waals surface area contributed by atoms with Crippen molar-refractivity contribution in [3.8, 4) is 0 Å². The zero-order chi connectivity index (χ0) is 8.93. The molecule has 3 heteroatoms. The van der Waals surface area contributed by atoms with Gasteiger partial charge in [-0.2, -0.15) is 0 Å². The molecular weight excluding hydrogens is 181 g/mol. The molecule has 0 amide bonds. The Kier molecular flexibility index (Phi) is 2.09. The number of hydrogen-bond acceptors (Lipinski definition) is 0. The molecule has 1 fully saturated rings. The van der Waals surface area contributed by atoms with Crippen LogP contribution in [0.15, 0.2) is 0 Å². The highest BCUT2D eigenvalue weighted by molar-refractivity contribution is 8.10. The molecule has 1 saturated carbocycles. The Labute approximate surface area is 78.6 Å². The van der Waals surface area contributed by atoms with Gasteiger partial charge in [0.1, 0.15) is 7.85 Å².